The minimum absolute atomic E-state index is 0.310. The second-order valence-corrected chi connectivity index (χ2v) is 5.27. The van der Waals surface area contributed by atoms with Gasteiger partial charge in [-0.15, -0.1) is 0 Å². The van der Waals surface area contributed by atoms with Gasteiger partial charge in [0.1, 0.15) is 5.54 Å². The number of nitrogens with two attached hydrogens (primary N) is 1. The molecule has 3 N–H and O–H groups in total. The van der Waals surface area contributed by atoms with Gasteiger partial charge in [0.05, 0.1) is 0 Å². The maximum absolute atomic E-state index is 11.8. The highest BCUT2D eigenvalue weighted by Crippen LogP contribution is 2.22. The molecular formula is C14H20N6O. The Bertz CT molecular complexity index is 528. The average Bonchev–Trinajstić information content (AvgIpc) is 2.89. The van der Waals surface area contributed by atoms with Crippen LogP contribution in [0.5, 0.6) is 0 Å². The highest BCUT2D eigenvalue weighted by molar-refractivity contribution is 5.85. The Kier molecular flexibility index (Phi) is 5.16. The van der Waals surface area contributed by atoms with E-state index in [-0.39, 0.29) is 5.91 Å². The number of nitrogens with zero attached hydrogens (tertiary/aromatic N) is 4. The number of primary amides is 1. The summed E-state index contributed by atoms with van der Waals surface area (Å²) in [7, 11) is 0. The maximum Gasteiger partial charge on any atom is 0.239 e. The molecule has 0 radical (unpaired) electrons. The average molecular weight is 288 g/mol. The molecule has 0 saturated carbocycles. The fourth-order valence-corrected chi connectivity index (χ4v) is 2.69. The first-order valence-electron chi connectivity index (χ1n) is 6.98. The second-order valence-electron chi connectivity index (χ2n) is 5.27. The van der Waals surface area contributed by atoms with Gasteiger partial charge >= 0.3 is 0 Å². The molecule has 7 heteroatoms. The van der Waals surface area contributed by atoms with E-state index in [1.807, 2.05) is 18.2 Å². The van der Waals surface area contributed by atoms with Crippen molar-refractivity contribution in [2.45, 2.75) is 18.5 Å². The quantitative estimate of drug-likeness (QED) is 0.338. The molecule has 0 bridgehead atoms. The zero-order valence-electron chi connectivity index (χ0n) is 11.9. The molecule has 1 saturated heterocycles. The summed E-state index contributed by atoms with van der Waals surface area (Å²) in [6.07, 6.45) is 0.672. The minimum Gasteiger partial charge on any atom is -0.368 e. The summed E-state index contributed by atoms with van der Waals surface area (Å²) >= 11 is 0. The minimum atomic E-state index is -0.722. The lowest BCUT2D eigenvalue weighted by Gasteiger charge is -2.27. The molecule has 0 aromatic heterocycles. The summed E-state index contributed by atoms with van der Waals surface area (Å²) in [5, 5.41) is 6.63. The molecule has 112 valence electrons. The van der Waals surface area contributed by atoms with Crippen LogP contribution in [-0.2, 0) is 11.3 Å². The van der Waals surface area contributed by atoms with Crippen molar-refractivity contribution >= 4 is 5.91 Å². The standard InChI is InChI=1S/C14H20N6O/c15-13(21)14(17-7-8-18-19-16)6-9-20(11-14)10-12-4-2-1-3-5-12/h1-5,17H,6-11H2,(H2,15,21). The fourth-order valence-electron chi connectivity index (χ4n) is 2.69. The molecule has 0 spiro atoms. The van der Waals surface area contributed by atoms with E-state index in [9.17, 15) is 4.79 Å². The number of carbonyl (C=O) groups is 1. The first kappa shape index (κ1) is 15.3. The van der Waals surface area contributed by atoms with Gasteiger partial charge in [-0.1, -0.05) is 35.4 Å². The van der Waals surface area contributed by atoms with Gasteiger partial charge in [0.25, 0.3) is 0 Å². The molecule has 1 aromatic carbocycles. The van der Waals surface area contributed by atoms with Gasteiger partial charge in [0.2, 0.25) is 5.91 Å². The van der Waals surface area contributed by atoms with E-state index in [4.69, 9.17) is 11.3 Å². The fraction of sp³-hybridized carbons (Fsp3) is 0.500. The van der Waals surface area contributed by atoms with Gasteiger partial charge < -0.3 is 11.1 Å². The summed E-state index contributed by atoms with van der Waals surface area (Å²) in [5.74, 6) is -0.348. The van der Waals surface area contributed by atoms with Crippen LogP contribution in [0.25, 0.3) is 10.4 Å². The van der Waals surface area contributed by atoms with E-state index >= 15 is 0 Å². The Labute approximate surface area is 123 Å². The Morgan fingerprint density at radius 1 is 1.48 bits per heavy atom. The van der Waals surface area contributed by atoms with E-state index in [0.717, 1.165) is 13.1 Å². The van der Waals surface area contributed by atoms with Crippen LogP contribution < -0.4 is 11.1 Å². The number of benzene rings is 1. The molecule has 1 aliphatic heterocycles. The lowest BCUT2D eigenvalue weighted by molar-refractivity contribution is -0.124. The van der Waals surface area contributed by atoms with Crippen molar-refractivity contribution < 1.29 is 4.79 Å². The molecule has 1 atom stereocenters. The van der Waals surface area contributed by atoms with E-state index < -0.39 is 5.54 Å². The molecular weight excluding hydrogens is 268 g/mol. The molecule has 1 heterocycles. The molecule has 1 aliphatic rings. The van der Waals surface area contributed by atoms with Crippen molar-refractivity contribution in [3.63, 3.8) is 0 Å². The van der Waals surface area contributed by atoms with Crippen LogP contribution in [0.2, 0.25) is 0 Å². The van der Waals surface area contributed by atoms with Crippen molar-refractivity contribution in [3.05, 3.63) is 46.3 Å². The number of nitrogens with one attached hydrogen (secondary N) is 1. The topological polar surface area (TPSA) is 107 Å². The zero-order chi connectivity index (χ0) is 15.1. The summed E-state index contributed by atoms with van der Waals surface area (Å²) in [5.41, 5.74) is 14.3. The molecule has 21 heavy (non-hydrogen) atoms. The van der Waals surface area contributed by atoms with Gasteiger partial charge in [-0.2, -0.15) is 0 Å². The maximum atomic E-state index is 11.8. The second kappa shape index (κ2) is 7.08. The van der Waals surface area contributed by atoms with Gasteiger partial charge in [-0.05, 0) is 17.5 Å². The van der Waals surface area contributed by atoms with Gasteiger partial charge in [-0.3, -0.25) is 9.69 Å². The van der Waals surface area contributed by atoms with Gasteiger partial charge in [0, 0.05) is 37.6 Å². The van der Waals surface area contributed by atoms with Crippen LogP contribution >= 0.6 is 0 Å². The van der Waals surface area contributed by atoms with Gasteiger partial charge in [0.15, 0.2) is 0 Å². The highest BCUT2D eigenvalue weighted by atomic mass is 16.1. The third-order valence-corrected chi connectivity index (χ3v) is 3.81. The Morgan fingerprint density at radius 2 is 2.24 bits per heavy atom. The largest absolute Gasteiger partial charge is 0.368 e. The summed E-state index contributed by atoms with van der Waals surface area (Å²) in [6.45, 7) is 2.95. The number of rotatable bonds is 7. The normalized spacial score (nSPS) is 21.9. The van der Waals surface area contributed by atoms with Crippen LogP contribution in [0.15, 0.2) is 35.4 Å². The third-order valence-electron chi connectivity index (χ3n) is 3.81. The van der Waals surface area contributed by atoms with Crippen molar-refractivity contribution in [3.8, 4) is 0 Å². The van der Waals surface area contributed by atoms with E-state index in [2.05, 4.69) is 32.4 Å². The van der Waals surface area contributed by atoms with Gasteiger partial charge in [-0.25, -0.2) is 0 Å². The first-order chi connectivity index (χ1) is 10.2. The highest BCUT2D eigenvalue weighted by Gasteiger charge is 2.42. The molecule has 1 unspecified atom stereocenters. The summed E-state index contributed by atoms with van der Waals surface area (Å²) in [4.78, 5) is 16.7. The SMILES string of the molecule is [N-]=[N+]=NCCNC1(C(N)=O)CCN(Cc2ccccc2)C1. The van der Waals surface area contributed by atoms with E-state index in [1.165, 1.54) is 5.56 Å². The lowest BCUT2D eigenvalue weighted by Crippen LogP contribution is -2.57. The first-order valence-corrected chi connectivity index (χ1v) is 6.98. The van der Waals surface area contributed by atoms with Crippen molar-refractivity contribution in [2.24, 2.45) is 10.8 Å². The molecule has 1 fully saturated rings. The Balaban J connectivity index is 1.95. The third kappa shape index (κ3) is 3.95. The van der Waals surface area contributed by atoms with Crippen molar-refractivity contribution in [1.82, 2.24) is 10.2 Å². The molecule has 1 amide bonds. The van der Waals surface area contributed by atoms with Crippen LogP contribution in [0.1, 0.15) is 12.0 Å². The number of azide groups is 1. The lowest BCUT2D eigenvalue weighted by atomic mass is 9.98. The summed E-state index contributed by atoms with van der Waals surface area (Å²) in [6, 6.07) is 10.1. The van der Waals surface area contributed by atoms with E-state index in [0.29, 0.717) is 26.1 Å². The monoisotopic (exact) mass is 288 g/mol. The van der Waals surface area contributed by atoms with Crippen LogP contribution in [0.4, 0.5) is 0 Å². The van der Waals surface area contributed by atoms with Crippen molar-refractivity contribution in [1.29, 1.82) is 0 Å². The summed E-state index contributed by atoms with van der Waals surface area (Å²) < 4.78 is 0. The zero-order valence-corrected chi connectivity index (χ0v) is 11.9. The molecule has 7 nitrogen and oxygen atoms in total. The molecule has 1 aromatic rings. The number of amides is 1. The predicted octanol–water partition coefficient (Wildman–Crippen LogP) is 1.02. The number of likely N-dealkylation sites (tertiary alicyclic amines) is 1. The van der Waals surface area contributed by atoms with E-state index in [1.54, 1.807) is 0 Å². The van der Waals surface area contributed by atoms with Crippen molar-refractivity contribution in [2.75, 3.05) is 26.2 Å². The Hall–Kier alpha value is -2.08. The van der Waals surface area contributed by atoms with Crippen LogP contribution in [0, 0.1) is 0 Å². The number of hydrogen-bond acceptors (Lipinski definition) is 4. The number of carbonyl (C=O) groups excluding carboxylic acids is 1. The van der Waals surface area contributed by atoms with Crippen LogP contribution in [-0.4, -0.2) is 42.5 Å². The number of hydrogen-bond donors (Lipinski definition) is 2. The van der Waals surface area contributed by atoms with Crippen LogP contribution in [0.3, 0.4) is 0 Å². The predicted molar refractivity (Wildman–Crippen MR) is 80.3 cm³/mol. The molecule has 0 aliphatic carbocycles. The Morgan fingerprint density at radius 3 is 2.90 bits per heavy atom. The smallest absolute Gasteiger partial charge is 0.239 e. The molecule has 2 rings (SSSR count).